The number of allylic oxidation sites excluding steroid dienone is 1. The second-order valence-corrected chi connectivity index (χ2v) is 7.25. The highest BCUT2D eigenvalue weighted by Gasteiger charge is 2.24. The van der Waals surface area contributed by atoms with Crippen molar-refractivity contribution in [2.24, 2.45) is 5.73 Å². The molecule has 0 spiro atoms. The Hall–Kier alpha value is -4.55. The molecule has 0 saturated heterocycles. The summed E-state index contributed by atoms with van der Waals surface area (Å²) in [7, 11) is 0. The number of rotatable bonds is 15. The summed E-state index contributed by atoms with van der Waals surface area (Å²) < 4.78 is 0. The molecule has 13 heteroatoms. The van der Waals surface area contributed by atoms with Crippen molar-refractivity contribution in [2.45, 2.75) is 37.8 Å². The van der Waals surface area contributed by atoms with Crippen LogP contribution in [-0.2, 0) is 28.8 Å². The van der Waals surface area contributed by atoms with Crippen molar-refractivity contribution in [3.63, 3.8) is 0 Å². The highest BCUT2D eigenvalue weighted by atomic mass is 16.4. The van der Waals surface area contributed by atoms with Gasteiger partial charge in [-0.1, -0.05) is 18.2 Å². The maximum Gasteiger partial charge on any atom is 0.303 e. The van der Waals surface area contributed by atoms with E-state index in [0.717, 1.165) is 0 Å². The number of hydrogen-bond acceptors (Lipinski definition) is 7. The summed E-state index contributed by atoms with van der Waals surface area (Å²) in [6.45, 7) is -0.632. The van der Waals surface area contributed by atoms with Crippen molar-refractivity contribution in [1.82, 2.24) is 16.0 Å². The number of nitrogens with two attached hydrogens (primary N) is 1. The molecule has 188 valence electrons. The Morgan fingerprint density at radius 1 is 0.886 bits per heavy atom. The first kappa shape index (κ1) is 28.5. The van der Waals surface area contributed by atoms with Crippen LogP contribution in [0.4, 0.5) is 0 Å². The van der Waals surface area contributed by atoms with Gasteiger partial charge < -0.3 is 31.9 Å². The third-order valence-electron chi connectivity index (χ3n) is 4.56. The van der Waals surface area contributed by atoms with Crippen LogP contribution in [0.3, 0.4) is 0 Å². The van der Waals surface area contributed by atoms with Gasteiger partial charge in [-0.15, -0.1) is 0 Å². The monoisotopic (exact) mass is 490 g/mol. The Morgan fingerprint density at radius 3 is 1.97 bits per heavy atom. The molecule has 7 N–H and O–H groups in total. The first-order valence-corrected chi connectivity index (χ1v) is 10.4. The molecule has 2 atom stereocenters. The minimum absolute atomic E-state index is 0.168. The van der Waals surface area contributed by atoms with Crippen LogP contribution < -0.4 is 21.7 Å². The van der Waals surface area contributed by atoms with Crippen molar-refractivity contribution >= 4 is 47.9 Å². The van der Waals surface area contributed by atoms with Crippen LogP contribution in [0.5, 0.6) is 0 Å². The van der Waals surface area contributed by atoms with Gasteiger partial charge in [0, 0.05) is 18.4 Å². The summed E-state index contributed by atoms with van der Waals surface area (Å²) in [5.41, 5.74) is 5.95. The van der Waals surface area contributed by atoms with E-state index in [-0.39, 0.29) is 18.4 Å². The van der Waals surface area contributed by atoms with Gasteiger partial charge in [0.15, 0.2) is 0 Å². The number of nitrogens with one attached hydrogen (secondary N) is 3. The summed E-state index contributed by atoms with van der Waals surface area (Å²) in [6.07, 6.45) is 2.01. The molecule has 0 fully saturated rings. The SMILES string of the molecule is NC(=O)[C@H](CCC(=O)O)NC(=O)CNC(=O)[C@H](CCC(=O)O)NC(=O)c1ccc(C=CC=O)cc1. The number of primary amides is 1. The minimum Gasteiger partial charge on any atom is -0.481 e. The molecule has 13 nitrogen and oxygen atoms in total. The number of aldehydes is 1. The summed E-state index contributed by atoms with van der Waals surface area (Å²) >= 11 is 0. The van der Waals surface area contributed by atoms with Crippen LogP contribution in [0.25, 0.3) is 6.08 Å². The van der Waals surface area contributed by atoms with Crippen molar-refractivity contribution in [3.05, 3.63) is 41.5 Å². The molecular weight excluding hydrogens is 464 g/mol. The lowest BCUT2D eigenvalue weighted by Crippen LogP contribution is -2.51. The number of amides is 4. The lowest BCUT2D eigenvalue weighted by molar-refractivity contribution is -0.138. The highest BCUT2D eigenvalue weighted by Crippen LogP contribution is 2.08. The Kier molecular flexibility index (Phi) is 11.9. The van der Waals surface area contributed by atoms with E-state index in [1.165, 1.54) is 24.3 Å². The van der Waals surface area contributed by atoms with Crippen LogP contribution in [0.2, 0.25) is 0 Å². The van der Waals surface area contributed by atoms with Crippen LogP contribution >= 0.6 is 0 Å². The van der Waals surface area contributed by atoms with E-state index in [1.807, 2.05) is 0 Å². The zero-order chi connectivity index (χ0) is 26.4. The Balaban J connectivity index is 2.77. The zero-order valence-electron chi connectivity index (χ0n) is 18.6. The molecule has 0 aromatic heterocycles. The Labute approximate surface area is 199 Å². The summed E-state index contributed by atoms with van der Waals surface area (Å²) in [5.74, 6) is -5.71. The molecule has 0 heterocycles. The van der Waals surface area contributed by atoms with Crippen molar-refractivity contribution in [2.75, 3.05) is 6.54 Å². The van der Waals surface area contributed by atoms with E-state index in [2.05, 4.69) is 16.0 Å². The molecule has 0 aliphatic carbocycles. The topological polar surface area (TPSA) is 222 Å². The lowest BCUT2D eigenvalue weighted by Gasteiger charge is -2.19. The maximum atomic E-state index is 12.5. The molecule has 1 aromatic rings. The van der Waals surface area contributed by atoms with Crippen molar-refractivity contribution < 1.29 is 43.8 Å². The zero-order valence-corrected chi connectivity index (χ0v) is 18.6. The molecule has 0 bridgehead atoms. The van der Waals surface area contributed by atoms with E-state index in [4.69, 9.17) is 15.9 Å². The van der Waals surface area contributed by atoms with Gasteiger partial charge in [0.05, 0.1) is 6.54 Å². The second kappa shape index (κ2) is 14.6. The number of carboxylic acid groups (broad SMARTS) is 2. The van der Waals surface area contributed by atoms with Gasteiger partial charge in [0.25, 0.3) is 5.91 Å². The molecule has 0 aliphatic heterocycles. The number of aliphatic carboxylic acids is 2. The van der Waals surface area contributed by atoms with E-state index in [1.54, 1.807) is 12.1 Å². The van der Waals surface area contributed by atoms with Crippen LogP contribution in [0.1, 0.15) is 41.6 Å². The Bertz CT molecular complexity index is 989. The fourth-order valence-electron chi connectivity index (χ4n) is 2.76. The Morgan fingerprint density at radius 2 is 1.46 bits per heavy atom. The number of carbonyl (C=O) groups is 7. The molecule has 0 radical (unpaired) electrons. The summed E-state index contributed by atoms with van der Waals surface area (Å²) in [6, 6.07) is 3.46. The predicted octanol–water partition coefficient (Wildman–Crippen LogP) is -1.19. The number of carbonyl (C=O) groups excluding carboxylic acids is 5. The molecule has 35 heavy (non-hydrogen) atoms. The molecule has 0 unspecified atom stereocenters. The van der Waals surface area contributed by atoms with E-state index in [9.17, 15) is 33.6 Å². The maximum absolute atomic E-state index is 12.5. The fraction of sp³-hybridized carbons (Fsp3) is 0.318. The van der Waals surface area contributed by atoms with Crippen LogP contribution in [0, 0.1) is 0 Å². The van der Waals surface area contributed by atoms with E-state index in [0.29, 0.717) is 11.8 Å². The number of hydrogen-bond donors (Lipinski definition) is 6. The average molecular weight is 490 g/mol. The van der Waals surface area contributed by atoms with Gasteiger partial charge in [-0.2, -0.15) is 0 Å². The van der Waals surface area contributed by atoms with Crippen LogP contribution in [0.15, 0.2) is 30.3 Å². The summed E-state index contributed by atoms with van der Waals surface area (Å²) in [5, 5.41) is 24.5. The third kappa shape index (κ3) is 11.2. The molecule has 0 saturated carbocycles. The number of benzene rings is 1. The highest BCUT2D eigenvalue weighted by molar-refractivity contribution is 5.98. The van der Waals surface area contributed by atoms with Crippen molar-refractivity contribution in [1.29, 1.82) is 0 Å². The fourth-order valence-corrected chi connectivity index (χ4v) is 2.76. The summed E-state index contributed by atoms with van der Waals surface area (Å²) in [4.78, 5) is 80.5. The minimum atomic E-state index is -1.29. The predicted molar refractivity (Wildman–Crippen MR) is 121 cm³/mol. The van der Waals surface area contributed by atoms with E-state index >= 15 is 0 Å². The van der Waals surface area contributed by atoms with Gasteiger partial charge in [-0.3, -0.25) is 33.6 Å². The lowest BCUT2D eigenvalue weighted by atomic mass is 10.1. The van der Waals surface area contributed by atoms with Gasteiger partial charge in [0.2, 0.25) is 17.7 Å². The average Bonchev–Trinajstić information content (AvgIpc) is 2.81. The van der Waals surface area contributed by atoms with Gasteiger partial charge in [-0.05, 0) is 36.6 Å². The normalized spacial score (nSPS) is 12.2. The molecular formula is C22H26N4O9. The molecule has 0 aliphatic rings. The smallest absolute Gasteiger partial charge is 0.303 e. The van der Waals surface area contributed by atoms with E-state index < -0.39 is 67.0 Å². The standard InChI is InChI=1S/C22H26N4O9/c23-20(33)15(7-9-18(29)30)25-17(28)12-24-22(35)16(8-10-19(31)32)26-21(34)14-5-3-13(4-6-14)2-1-11-27/h1-6,11,15-16H,7-10,12H2,(H2,23,33)(H,24,35)(H,25,28)(H,26,34)(H,29,30)(H,31,32)/t15-,16-/m0/s1. The largest absolute Gasteiger partial charge is 0.481 e. The quantitative estimate of drug-likeness (QED) is 0.128. The van der Waals surface area contributed by atoms with Gasteiger partial charge in [-0.25, -0.2) is 0 Å². The molecule has 1 aromatic carbocycles. The van der Waals surface area contributed by atoms with Gasteiger partial charge in [0.1, 0.15) is 18.4 Å². The van der Waals surface area contributed by atoms with Gasteiger partial charge >= 0.3 is 11.9 Å². The van der Waals surface area contributed by atoms with Crippen LogP contribution in [-0.4, -0.2) is 70.7 Å². The first-order chi connectivity index (χ1) is 16.5. The third-order valence-corrected chi connectivity index (χ3v) is 4.56. The number of carboxylic acids is 2. The van der Waals surface area contributed by atoms with Crippen molar-refractivity contribution in [3.8, 4) is 0 Å². The second-order valence-electron chi connectivity index (χ2n) is 7.25. The first-order valence-electron chi connectivity index (χ1n) is 10.4. The molecule has 1 rings (SSSR count). The molecule has 4 amide bonds.